The molecule has 0 aromatic heterocycles. The molecular formula is C15H30ClN3O2. The number of nitrogens with zero attached hydrogens (tertiary/aromatic N) is 2. The van der Waals surface area contributed by atoms with Gasteiger partial charge in [-0.2, -0.15) is 0 Å². The van der Waals surface area contributed by atoms with Crippen molar-refractivity contribution in [3.8, 4) is 0 Å². The predicted molar refractivity (Wildman–Crippen MR) is 87.7 cm³/mol. The van der Waals surface area contributed by atoms with Crippen LogP contribution >= 0.6 is 12.4 Å². The zero-order chi connectivity index (χ0) is 15.0. The smallest absolute Gasteiger partial charge is 0.223 e. The number of hydrogen-bond acceptors (Lipinski definition) is 3. The van der Waals surface area contributed by atoms with Gasteiger partial charge in [0.2, 0.25) is 11.8 Å². The second-order valence-electron chi connectivity index (χ2n) is 5.52. The van der Waals surface area contributed by atoms with Gasteiger partial charge in [-0.15, -0.1) is 12.4 Å². The number of carbonyl (C=O) groups is 2. The van der Waals surface area contributed by atoms with E-state index >= 15 is 0 Å². The summed E-state index contributed by atoms with van der Waals surface area (Å²) in [5.41, 5.74) is 0. The minimum Gasteiger partial charge on any atom is -0.343 e. The van der Waals surface area contributed by atoms with E-state index in [0.717, 1.165) is 45.6 Å². The molecule has 0 radical (unpaired) electrons. The number of halogens is 1. The predicted octanol–water partition coefficient (Wildman–Crippen LogP) is 1.66. The van der Waals surface area contributed by atoms with Crippen LogP contribution in [0.1, 0.15) is 46.5 Å². The molecule has 0 aromatic rings. The highest BCUT2D eigenvalue weighted by Gasteiger charge is 2.23. The number of piperazine rings is 1. The molecule has 1 atom stereocenters. The lowest BCUT2D eigenvalue weighted by atomic mass is 10.1. The average molecular weight is 320 g/mol. The Bertz CT molecular complexity index is 320. The van der Waals surface area contributed by atoms with E-state index < -0.39 is 0 Å². The fraction of sp³-hybridized carbons (Fsp3) is 0.867. The monoisotopic (exact) mass is 319 g/mol. The molecule has 0 bridgehead atoms. The van der Waals surface area contributed by atoms with E-state index in [-0.39, 0.29) is 30.3 Å². The van der Waals surface area contributed by atoms with Crippen molar-refractivity contribution in [3.63, 3.8) is 0 Å². The van der Waals surface area contributed by atoms with Gasteiger partial charge in [0.1, 0.15) is 0 Å². The lowest BCUT2D eigenvalue weighted by Crippen LogP contribution is -2.52. The molecule has 1 fully saturated rings. The van der Waals surface area contributed by atoms with Crippen molar-refractivity contribution in [1.82, 2.24) is 15.1 Å². The summed E-state index contributed by atoms with van der Waals surface area (Å²) in [5.74, 6) is 0.227. The van der Waals surface area contributed by atoms with Crippen molar-refractivity contribution in [2.75, 3.05) is 32.7 Å². The van der Waals surface area contributed by atoms with Crippen molar-refractivity contribution >= 4 is 24.2 Å². The molecular weight excluding hydrogens is 290 g/mol. The van der Waals surface area contributed by atoms with Crippen LogP contribution in [0.25, 0.3) is 0 Å². The fourth-order valence-corrected chi connectivity index (χ4v) is 2.63. The van der Waals surface area contributed by atoms with Gasteiger partial charge in [0.05, 0.1) is 0 Å². The van der Waals surface area contributed by atoms with Crippen LogP contribution in [0.15, 0.2) is 0 Å². The number of nitrogens with one attached hydrogen (secondary N) is 1. The highest BCUT2D eigenvalue weighted by Crippen LogP contribution is 2.08. The minimum atomic E-state index is 0. The minimum absolute atomic E-state index is 0. The van der Waals surface area contributed by atoms with Crippen molar-refractivity contribution in [2.24, 2.45) is 0 Å². The summed E-state index contributed by atoms with van der Waals surface area (Å²) in [4.78, 5) is 28.1. The first-order valence-corrected chi connectivity index (χ1v) is 7.88. The van der Waals surface area contributed by atoms with E-state index in [2.05, 4.69) is 19.2 Å². The maximum atomic E-state index is 12.2. The van der Waals surface area contributed by atoms with Crippen LogP contribution in [0, 0.1) is 0 Å². The topological polar surface area (TPSA) is 52.7 Å². The van der Waals surface area contributed by atoms with Crippen LogP contribution in [0.3, 0.4) is 0 Å². The van der Waals surface area contributed by atoms with Crippen LogP contribution < -0.4 is 5.32 Å². The van der Waals surface area contributed by atoms with Crippen molar-refractivity contribution < 1.29 is 9.59 Å². The van der Waals surface area contributed by atoms with Gasteiger partial charge in [0.15, 0.2) is 0 Å². The lowest BCUT2D eigenvalue weighted by Gasteiger charge is -2.34. The molecule has 1 aliphatic heterocycles. The lowest BCUT2D eigenvalue weighted by molar-refractivity contribution is -0.138. The molecule has 5 nitrogen and oxygen atoms in total. The molecule has 1 rings (SSSR count). The van der Waals surface area contributed by atoms with Crippen LogP contribution in [-0.4, -0.2) is 60.4 Å². The summed E-state index contributed by atoms with van der Waals surface area (Å²) in [6.45, 7) is 10.2. The Morgan fingerprint density at radius 3 is 2.33 bits per heavy atom. The summed E-state index contributed by atoms with van der Waals surface area (Å²) >= 11 is 0. The number of amides is 2. The van der Waals surface area contributed by atoms with Crippen LogP contribution in [-0.2, 0) is 9.59 Å². The van der Waals surface area contributed by atoms with E-state index in [9.17, 15) is 9.59 Å². The molecule has 0 aromatic carbocycles. The number of hydrogen-bond donors (Lipinski definition) is 1. The van der Waals surface area contributed by atoms with Gasteiger partial charge in [-0.25, -0.2) is 0 Å². The first-order chi connectivity index (χ1) is 9.60. The number of carbonyl (C=O) groups excluding carboxylic acids is 2. The summed E-state index contributed by atoms with van der Waals surface area (Å²) in [7, 11) is 0. The van der Waals surface area contributed by atoms with Crippen LogP contribution in [0.5, 0.6) is 0 Å². The summed E-state index contributed by atoms with van der Waals surface area (Å²) < 4.78 is 0. The van der Waals surface area contributed by atoms with Crippen molar-refractivity contribution in [1.29, 1.82) is 0 Å². The van der Waals surface area contributed by atoms with Gasteiger partial charge >= 0.3 is 0 Å². The second-order valence-corrected chi connectivity index (χ2v) is 5.52. The fourth-order valence-electron chi connectivity index (χ4n) is 2.63. The molecule has 1 saturated heterocycles. The second kappa shape index (κ2) is 10.9. The van der Waals surface area contributed by atoms with Gasteiger partial charge in [-0.05, 0) is 19.8 Å². The van der Waals surface area contributed by atoms with Gasteiger partial charge in [-0.1, -0.05) is 13.8 Å². The SMILES string of the molecule is CCCN(CCC)C(=O)CCC(=O)N1CCNCC1C.Cl. The molecule has 2 amide bonds. The van der Waals surface area contributed by atoms with E-state index in [1.807, 2.05) is 16.7 Å². The van der Waals surface area contributed by atoms with Crippen LogP contribution in [0.4, 0.5) is 0 Å². The highest BCUT2D eigenvalue weighted by atomic mass is 35.5. The maximum absolute atomic E-state index is 12.2. The molecule has 1 aliphatic rings. The molecule has 0 spiro atoms. The van der Waals surface area contributed by atoms with Gasteiger partial charge in [0.25, 0.3) is 0 Å². The molecule has 1 N–H and O–H groups in total. The maximum Gasteiger partial charge on any atom is 0.223 e. The first-order valence-electron chi connectivity index (χ1n) is 7.88. The third-order valence-electron chi connectivity index (χ3n) is 3.71. The molecule has 0 saturated carbocycles. The Morgan fingerprint density at radius 1 is 1.19 bits per heavy atom. The Balaban J connectivity index is 0.00000400. The van der Waals surface area contributed by atoms with E-state index in [4.69, 9.17) is 0 Å². The highest BCUT2D eigenvalue weighted by molar-refractivity contribution is 5.85. The zero-order valence-corrected chi connectivity index (χ0v) is 14.4. The van der Waals surface area contributed by atoms with Gasteiger partial charge < -0.3 is 15.1 Å². The normalized spacial score (nSPS) is 18.0. The molecule has 6 heteroatoms. The van der Waals surface area contributed by atoms with E-state index in [1.165, 1.54) is 0 Å². The van der Waals surface area contributed by atoms with Gasteiger partial charge in [0, 0.05) is 51.6 Å². The molecule has 1 heterocycles. The van der Waals surface area contributed by atoms with E-state index in [1.54, 1.807) is 0 Å². The van der Waals surface area contributed by atoms with Crippen LogP contribution in [0.2, 0.25) is 0 Å². The Hall–Kier alpha value is -0.810. The Labute approximate surface area is 134 Å². The van der Waals surface area contributed by atoms with Gasteiger partial charge in [-0.3, -0.25) is 9.59 Å². The summed E-state index contributed by atoms with van der Waals surface area (Å²) in [6.07, 6.45) is 2.62. The summed E-state index contributed by atoms with van der Waals surface area (Å²) in [5, 5.41) is 3.27. The first kappa shape index (κ1) is 20.2. The quantitative estimate of drug-likeness (QED) is 0.776. The third kappa shape index (κ3) is 6.66. The molecule has 1 unspecified atom stereocenters. The average Bonchev–Trinajstić information content (AvgIpc) is 2.44. The summed E-state index contributed by atoms with van der Waals surface area (Å²) in [6, 6.07) is 0.230. The Kier molecular flexibility index (Phi) is 10.4. The van der Waals surface area contributed by atoms with Crippen molar-refractivity contribution in [2.45, 2.75) is 52.5 Å². The van der Waals surface area contributed by atoms with Crippen molar-refractivity contribution in [3.05, 3.63) is 0 Å². The standard InChI is InChI=1S/C15H29N3O2.ClH/c1-4-9-17(10-5-2)14(19)6-7-15(20)18-11-8-16-12-13(18)3;/h13,16H,4-12H2,1-3H3;1H. The molecule has 0 aliphatic carbocycles. The zero-order valence-electron chi connectivity index (χ0n) is 13.6. The largest absolute Gasteiger partial charge is 0.343 e. The molecule has 21 heavy (non-hydrogen) atoms. The Morgan fingerprint density at radius 2 is 1.81 bits per heavy atom. The van der Waals surface area contributed by atoms with E-state index in [0.29, 0.717) is 12.8 Å². The third-order valence-corrected chi connectivity index (χ3v) is 3.71. The number of rotatable bonds is 7. The molecule has 124 valence electrons.